The number of benzene rings is 1. The van der Waals surface area contributed by atoms with Crippen molar-refractivity contribution in [2.75, 3.05) is 31.1 Å². The maximum absolute atomic E-state index is 14.3. The van der Waals surface area contributed by atoms with Gasteiger partial charge in [-0.25, -0.2) is 31.1 Å². The van der Waals surface area contributed by atoms with Crippen LogP contribution in [0.15, 0.2) is 21.9 Å². The van der Waals surface area contributed by atoms with Gasteiger partial charge in [0.1, 0.15) is 16.0 Å². The molecule has 3 atom stereocenters. The number of sulfonamides is 2. The summed E-state index contributed by atoms with van der Waals surface area (Å²) in [6, 6.07) is 1.64. The van der Waals surface area contributed by atoms with Gasteiger partial charge in [-0.1, -0.05) is 0 Å². The molecule has 0 aliphatic carbocycles. The average Bonchev–Trinajstić information content (AvgIpc) is 3.27. The highest BCUT2D eigenvalue weighted by molar-refractivity contribution is 7.92. The van der Waals surface area contributed by atoms with Gasteiger partial charge in [0.05, 0.1) is 18.2 Å². The van der Waals surface area contributed by atoms with E-state index in [0.29, 0.717) is 0 Å². The highest BCUT2D eigenvalue weighted by atomic mass is 32.2. The number of aliphatic hydroxyl groups is 1. The van der Waals surface area contributed by atoms with Crippen molar-refractivity contribution in [3.05, 3.63) is 12.1 Å². The van der Waals surface area contributed by atoms with E-state index < -0.39 is 54.7 Å². The third-order valence-corrected chi connectivity index (χ3v) is 7.54. The molecule has 1 aromatic heterocycles. The van der Waals surface area contributed by atoms with Crippen LogP contribution < -0.4 is 26.2 Å². The first-order chi connectivity index (χ1) is 15.0. The smallest absolute Gasteiger partial charge is 0.242 e. The molecule has 0 amide bonds. The quantitative estimate of drug-likeness (QED) is 0.216. The first kappa shape index (κ1) is 24.4. The van der Waals surface area contributed by atoms with E-state index in [1.807, 2.05) is 0 Å². The van der Waals surface area contributed by atoms with Crippen LogP contribution in [0.5, 0.6) is 0 Å². The number of tetrazole rings is 1. The summed E-state index contributed by atoms with van der Waals surface area (Å²) < 4.78 is 67.3. The molecule has 1 saturated heterocycles. The number of aliphatic hydroxyl groups excluding tert-OH is 1. The molecule has 3 rings (SSSR count). The first-order valence-corrected chi connectivity index (χ1v) is 12.4. The number of aromatic nitrogens is 4. The molecule has 17 heteroatoms. The molecule has 1 unspecified atom stereocenters. The van der Waals surface area contributed by atoms with E-state index >= 15 is 0 Å². The van der Waals surface area contributed by atoms with Crippen molar-refractivity contribution >= 4 is 25.7 Å². The highest BCUT2D eigenvalue weighted by Crippen LogP contribution is 2.39. The van der Waals surface area contributed by atoms with Crippen molar-refractivity contribution in [3.63, 3.8) is 0 Å². The van der Waals surface area contributed by atoms with Crippen LogP contribution in [0.2, 0.25) is 0 Å². The maximum atomic E-state index is 14.3. The number of nitrogens with two attached hydrogens (primary N) is 3. The van der Waals surface area contributed by atoms with Crippen LogP contribution in [-0.4, -0.2) is 87.1 Å². The number of nitrogens with zero attached hydrogens (tertiary/aromatic N) is 4. The van der Waals surface area contributed by atoms with Crippen molar-refractivity contribution < 1.29 is 26.3 Å². The van der Waals surface area contributed by atoms with E-state index in [2.05, 4.69) is 25.3 Å². The molecular formula is C15H24FN9O5S2. The standard InChI is InChI=1S/C15H24FN9O5S2/c16-9-7-25(4-3-10(9)18)11-1-2-12(32(29,30)20-6-8(26)5-17)14(31(19,27)28)13(11)15-21-23-24-22-15/h1-2,8-10,20,26H,3-7,17-18H2,(H2,19,27,28)(H,21,22,23,24)/t8?,9-,10+/m1/s1. The summed E-state index contributed by atoms with van der Waals surface area (Å²) in [4.78, 5) is 0.0193. The summed E-state index contributed by atoms with van der Waals surface area (Å²) in [6.45, 7) is -0.582. The zero-order chi connectivity index (χ0) is 23.7. The van der Waals surface area contributed by atoms with E-state index in [0.717, 1.165) is 6.07 Å². The number of H-pyrrole nitrogens is 1. The van der Waals surface area contributed by atoms with Crippen molar-refractivity contribution in [2.45, 2.75) is 34.5 Å². The molecule has 1 aromatic carbocycles. The van der Waals surface area contributed by atoms with Crippen molar-refractivity contribution in [2.24, 2.45) is 16.6 Å². The molecule has 0 spiro atoms. The Kier molecular flexibility index (Phi) is 7.08. The summed E-state index contributed by atoms with van der Waals surface area (Å²) in [7, 11) is -9.16. The van der Waals surface area contributed by atoms with Crippen LogP contribution in [0, 0.1) is 0 Å². The third-order valence-electron chi connectivity index (χ3n) is 4.96. The molecular weight excluding hydrogens is 469 g/mol. The Balaban J connectivity index is 2.23. The van der Waals surface area contributed by atoms with Crippen LogP contribution in [0.3, 0.4) is 0 Å². The summed E-state index contributed by atoms with van der Waals surface area (Å²) in [5, 5.41) is 28.1. The van der Waals surface area contributed by atoms with Gasteiger partial charge < -0.3 is 21.5 Å². The van der Waals surface area contributed by atoms with Gasteiger partial charge >= 0.3 is 0 Å². The second-order valence-corrected chi connectivity index (χ2v) is 10.5. The maximum Gasteiger partial charge on any atom is 0.242 e. The molecule has 9 N–H and O–H groups in total. The summed E-state index contributed by atoms with van der Waals surface area (Å²) in [5.74, 6) is -0.256. The number of halogens is 1. The topological polar surface area (TPSA) is 236 Å². The Labute approximate surface area is 183 Å². The summed E-state index contributed by atoms with van der Waals surface area (Å²) >= 11 is 0. The Morgan fingerprint density at radius 3 is 2.62 bits per heavy atom. The number of hydrogen-bond donors (Lipinski definition) is 6. The minimum absolute atomic E-state index is 0.144. The van der Waals surface area contributed by atoms with Gasteiger partial charge in [-0.3, -0.25) is 0 Å². The molecule has 2 heterocycles. The summed E-state index contributed by atoms with van der Waals surface area (Å²) in [5.41, 5.74) is 10.9. The van der Waals surface area contributed by atoms with Crippen molar-refractivity contribution in [1.29, 1.82) is 0 Å². The predicted molar refractivity (Wildman–Crippen MR) is 111 cm³/mol. The monoisotopic (exact) mass is 493 g/mol. The fraction of sp³-hybridized carbons (Fsp3) is 0.533. The Hall–Kier alpha value is -2.28. The van der Waals surface area contributed by atoms with E-state index in [-0.39, 0.29) is 43.1 Å². The normalized spacial score (nSPS) is 21.0. The van der Waals surface area contributed by atoms with E-state index in [9.17, 15) is 26.3 Å². The second-order valence-electron chi connectivity index (χ2n) is 7.22. The Morgan fingerprint density at radius 2 is 2.06 bits per heavy atom. The SMILES string of the molecule is NCC(O)CNS(=O)(=O)c1ccc(N2CC[C@H](N)[C@H](F)C2)c(-c2nn[nH]n2)c1S(N)(=O)=O. The van der Waals surface area contributed by atoms with Crippen LogP contribution >= 0.6 is 0 Å². The van der Waals surface area contributed by atoms with Gasteiger partial charge in [-0.15, -0.1) is 10.2 Å². The molecule has 1 aliphatic rings. The zero-order valence-electron chi connectivity index (χ0n) is 16.7. The minimum Gasteiger partial charge on any atom is -0.390 e. The number of alkyl halides is 1. The highest BCUT2D eigenvalue weighted by Gasteiger charge is 2.35. The van der Waals surface area contributed by atoms with Gasteiger partial charge in [-0.2, -0.15) is 5.21 Å². The van der Waals surface area contributed by atoms with Gasteiger partial charge in [0.15, 0.2) is 0 Å². The lowest BCUT2D eigenvalue weighted by molar-refractivity contribution is 0.186. The lowest BCUT2D eigenvalue weighted by Gasteiger charge is -2.35. The first-order valence-electron chi connectivity index (χ1n) is 9.41. The van der Waals surface area contributed by atoms with Crippen LogP contribution in [0.1, 0.15) is 6.42 Å². The molecule has 32 heavy (non-hydrogen) atoms. The fourth-order valence-electron chi connectivity index (χ4n) is 3.30. The lowest BCUT2D eigenvalue weighted by Crippen LogP contribution is -2.48. The van der Waals surface area contributed by atoms with Crippen LogP contribution in [0.4, 0.5) is 10.1 Å². The number of hydrogen-bond acceptors (Lipinski definition) is 11. The Bertz CT molecular complexity index is 1160. The van der Waals surface area contributed by atoms with Crippen molar-refractivity contribution in [3.8, 4) is 11.4 Å². The van der Waals surface area contributed by atoms with Gasteiger partial charge in [0.25, 0.3) is 0 Å². The molecule has 2 aromatic rings. The molecule has 178 valence electrons. The van der Waals surface area contributed by atoms with Crippen LogP contribution in [-0.2, 0) is 20.0 Å². The van der Waals surface area contributed by atoms with Gasteiger partial charge in [0, 0.05) is 31.4 Å². The van der Waals surface area contributed by atoms with Crippen LogP contribution in [0.25, 0.3) is 11.4 Å². The van der Waals surface area contributed by atoms with E-state index in [1.54, 1.807) is 0 Å². The van der Waals surface area contributed by atoms with Gasteiger partial charge in [0.2, 0.25) is 25.9 Å². The third kappa shape index (κ3) is 5.03. The number of rotatable bonds is 8. The molecule has 0 radical (unpaired) electrons. The number of anilines is 1. The minimum atomic E-state index is -4.68. The lowest BCUT2D eigenvalue weighted by atomic mass is 10.0. The fourth-order valence-corrected chi connectivity index (χ4v) is 5.97. The predicted octanol–water partition coefficient (Wildman–Crippen LogP) is -3.01. The zero-order valence-corrected chi connectivity index (χ0v) is 18.4. The molecule has 14 nitrogen and oxygen atoms in total. The van der Waals surface area contributed by atoms with E-state index in [1.165, 1.54) is 11.0 Å². The molecule has 0 bridgehead atoms. The number of nitrogens with one attached hydrogen (secondary N) is 2. The molecule has 1 fully saturated rings. The number of piperidine rings is 1. The second kappa shape index (κ2) is 9.30. The number of aromatic amines is 1. The summed E-state index contributed by atoms with van der Waals surface area (Å²) in [6.07, 6.45) is -2.32. The number of primary sulfonamides is 1. The average molecular weight is 494 g/mol. The molecule has 0 saturated carbocycles. The van der Waals surface area contributed by atoms with Gasteiger partial charge in [-0.05, 0) is 23.8 Å². The van der Waals surface area contributed by atoms with E-state index in [4.69, 9.17) is 16.6 Å². The van der Waals surface area contributed by atoms with Crippen molar-refractivity contribution in [1.82, 2.24) is 25.3 Å². The Morgan fingerprint density at radius 1 is 1.34 bits per heavy atom. The molecule has 1 aliphatic heterocycles. The largest absolute Gasteiger partial charge is 0.390 e.